The van der Waals surface area contributed by atoms with Crippen LogP contribution in [0.5, 0.6) is 0 Å². The monoisotopic (exact) mass is 194 g/mol. The van der Waals surface area contributed by atoms with Gasteiger partial charge >= 0.3 is 0 Å². The second-order valence-corrected chi connectivity index (χ2v) is 2.03. The summed E-state index contributed by atoms with van der Waals surface area (Å²) in [7, 11) is 0. The Morgan fingerprint density at radius 1 is 1.25 bits per heavy atom. The number of halogens is 3. The van der Waals surface area contributed by atoms with Crippen LogP contribution in [0.3, 0.4) is 0 Å². The Morgan fingerprint density at radius 2 is 1.83 bits per heavy atom. The van der Waals surface area contributed by atoms with E-state index in [1.54, 1.807) is 12.1 Å². The lowest BCUT2D eigenvalue weighted by atomic mass is 10.2. The zero-order valence-corrected chi connectivity index (χ0v) is 6.94. The van der Waals surface area contributed by atoms with Crippen molar-refractivity contribution in [1.82, 2.24) is 0 Å². The van der Waals surface area contributed by atoms with E-state index in [2.05, 4.69) is 5.43 Å². The molecule has 0 aliphatic carbocycles. The van der Waals surface area contributed by atoms with Gasteiger partial charge in [-0.25, -0.2) is 8.78 Å². The molecule has 0 heterocycles. The Morgan fingerprint density at radius 3 is 2.25 bits per heavy atom. The Hall–Kier alpha value is -0.870. The molecule has 0 aliphatic rings. The minimum Gasteiger partial charge on any atom is -0.324 e. The molecule has 0 saturated carbocycles. The predicted molar refractivity (Wildman–Crippen MR) is 46.5 cm³/mol. The molecule has 0 bridgehead atoms. The van der Waals surface area contributed by atoms with E-state index in [9.17, 15) is 8.78 Å². The standard InChI is InChI=1S/C7H8F2N2.ClH/c8-7(9)5-3-1-2-4-6(5)11-10;/h1-4,7,11H,10H2;1H. The van der Waals surface area contributed by atoms with Gasteiger partial charge in [0.05, 0.1) is 5.69 Å². The molecule has 68 valence electrons. The van der Waals surface area contributed by atoms with Crippen molar-refractivity contribution in [3.8, 4) is 0 Å². The summed E-state index contributed by atoms with van der Waals surface area (Å²) in [6, 6.07) is 6.02. The number of anilines is 1. The summed E-state index contributed by atoms with van der Waals surface area (Å²) < 4.78 is 24.2. The van der Waals surface area contributed by atoms with Crippen molar-refractivity contribution in [2.24, 2.45) is 5.84 Å². The highest BCUT2D eigenvalue weighted by atomic mass is 35.5. The van der Waals surface area contributed by atoms with Crippen LogP contribution < -0.4 is 11.3 Å². The SMILES string of the molecule is Cl.NNc1ccccc1C(F)F. The summed E-state index contributed by atoms with van der Waals surface area (Å²) in [5, 5.41) is 0. The van der Waals surface area contributed by atoms with Gasteiger partial charge in [-0.15, -0.1) is 12.4 Å². The molecule has 1 aromatic rings. The van der Waals surface area contributed by atoms with Crippen molar-refractivity contribution in [3.05, 3.63) is 29.8 Å². The molecular formula is C7H9ClF2N2. The average Bonchev–Trinajstić information content (AvgIpc) is 2.04. The van der Waals surface area contributed by atoms with Crippen molar-refractivity contribution in [2.75, 3.05) is 5.43 Å². The highest BCUT2D eigenvalue weighted by Gasteiger charge is 2.10. The number of hydrogen-bond acceptors (Lipinski definition) is 2. The van der Waals surface area contributed by atoms with Crippen LogP contribution in [0.4, 0.5) is 14.5 Å². The zero-order valence-electron chi connectivity index (χ0n) is 6.13. The van der Waals surface area contributed by atoms with Crippen molar-refractivity contribution in [2.45, 2.75) is 6.43 Å². The lowest BCUT2D eigenvalue weighted by molar-refractivity contribution is 0.152. The number of hydrazine groups is 1. The average molecular weight is 195 g/mol. The molecular weight excluding hydrogens is 186 g/mol. The molecule has 1 rings (SSSR count). The van der Waals surface area contributed by atoms with Gasteiger partial charge in [-0.05, 0) is 6.07 Å². The van der Waals surface area contributed by atoms with Gasteiger partial charge in [0.25, 0.3) is 6.43 Å². The summed E-state index contributed by atoms with van der Waals surface area (Å²) >= 11 is 0. The largest absolute Gasteiger partial charge is 0.324 e. The fourth-order valence-corrected chi connectivity index (χ4v) is 0.819. The molecule has 0 radical (unpaired) electrons. The molecule has 5 heteroatoms. The molecule has 2 nitrogen and oxygen atoms in total. The highest BCUT2D eigenvalue weighted by Crippen LogP contribution is 2.25. The van der Waals surface area contributed by atoms with Crippen LogP contribution in [0.2, 0.25) is 0 Å². The van der Waals surface area contributed by atoms with E-state index >= 15 is 0 Å². The molecule has 0 atom stereocenters. The van der Waals surface area contributed by atoms with Crippen molar-refractivity contribution in [3.63, 3.8) is 0 Å². The van der Waals surface area contributed by atoms with Crippen LogP contribution in [0.15, 0.2) is 24.3 Å². The molecule has 0 saturated heterocycles. The first-order valence-corrected chi connectivity index (χ1v) is 3.09. The Labute approximate surface area is 75.1 Å². The number of nitrogens with one attached hydrogen (secondary N) is 1. The Balaban J connectivity index is 0.00000121. The van der Waals surface area contributed by atoms with E-state index < -0.39 is 6.43 Å². The van der Waals surface area contributed by atoms with Gasteiger partial charge in [-0.2, -0.15) is 0 Å². The van der Waals surface area contributed by atoms with Crippen molar-refractivity contribution in [1.29, 1.82) is 0 Å². The summed E-state index contributed by atoms with van der Waals surface area (Å²) in [5.74, 6) is 5.01. The normalized spacial score (nSPS) is 9.33. The molecule has 3 N–H and O–H groups in total. The maximum atomic E-state index is 12.1. The van der Waals surface area contributed by atoms with Crippen LogP contribution >= 0.6 is 12.4 Å². The molecule has 0 aliphatic heterocycles. The third-order valence-corrected chi connectivity index (χ3v) is 1.35. The van der Waals surface area contributed by atoms with E-state index in [-0.39, 0.29) is 23.7 Å². The number of nitrogen functional groups attached to an aromatic ring is 1. The van der Waals surface area contributed by atoms with Crippen molar-refractivity contribution >= 4 is 18.1 Å². The maximum absolute atomic E-state index is 12.1. The van der Waals surface area contributed by atoms with Crippen LogP contribution in [0.1, 0.15) is 12.0 Å². The zero-order chi connectivity index (χ0) is 8.27. The number of benzene rings is 1. The molecule has 1 aromatic carbocycles. The third-order valence-electron chi connectivity index (χ3n) is 1.35. The van der Waals surface area contributed by atoms with Crippen LogP contribution in [-0.4, -0.2) is 0 Å². The summed E-state index contributed by atoms with van der Waals surface area (Å²) in [6.45, 7) is 0. The predicted octanol–water partition coefficient (Wildman–Crippen LogP) is 2.33. The topological polar surface area (TPSA) is 38.0 Å². The Bertz CT molecular complexity index is 243. The second-order valence-electron chi connectivity index (χ2n) is 2.03. The molecule has 0 aromatic heterocycles. The first-order chi connectivity index (χ1) is 5.25. The van der Waals surface area contributed by atoms with Gasteiger partial charge in [0.15, 0.2) is 0 Å². The number of alkyl halides is 2. The van der Waals surface area contributed by atoms with Gasteiger partial charge in [-0.1, -0.05) is 18.2 Å². The minimum atomic E-state index is -2.48. The van der Waals surface area contributed by atoms with Gasteiger partial charge in [0, 0.05) is 5.56 Å². The molecule has 0 amide bonds. The van der Waals surface area contributed by atoms with Crippen LogP contribution in [-0.2, 0) is 0 Å². The molecule has 12 heavy (non-hydrogen) atoms. The van der Waals surface area contributed by atoms with Gasteiger partial charge < -0.3 is 5.43 Å². The van der Waals surface area contributed by atoms with Gasteiger partial charge in [0.2, 0.25) is 0 Å². The van der Waals surface area contributed by atoms with E-state index in [0.29, 0.717) is 0 Å². The van der Waals surface area contributed by atoms with Gasteiger partial charge in [0.1, 0.15) is 0 Å². The smallest absolute Gasteiger partial charge is 0.265 e. The second kappa shape index (κ2) is 4.90. The Kier molecular flexibility index (Phi) is 4.54. The summed E-state index contributed by atoms with van der Waals surface area (Å²) in [4.78, 5) is 0. The fraction of sp³-hybridized carbons (Fsp3) is 0.143. The molecule has 0 spiro atoms. The maximum Gasteiger partial charge on any atom is 0.265 e. The number of hydrogen-bond donors (Lipinski definition) is 2. The van der Waals surface area contributed by atoms with E-state index in [1.165, 1.54) is 12.1 Å². The molecule has 0 fully saturated rings. The first-order valence-electron chi connectivity index (χ1n) is 3.09. The number of rotatable bonds is 2. The van der Waals surface area contributed by atoms with E-state index in [0.717, 1.165) is 0 Å². The highest BCUT2D eigenvalue weighted by molar-refractivity contribution is 5.85. The quantitative estimate of drug-likeness (QED) is 0.560. The molecule has 0 unspecified atom stereocenters. The minimum absolute atomic E-state index is 0. The lowest BCUT2D eigenvalue weighted by Gasteiger charge is -2.05. The first kappa shape index (κ1) is 11.1. The fourth-order valence-electron chi connectivity index (χ4n) is 0.819. The van der Waals surface area contributed by atoms with Crippen LogP contribution in [0.25, 0.3) is 0 Å². The van der Waals surface area contributed by atoms with Crippen molar-refractivity contribution < 1.29 is 8.78 Å². The van der Waals surface area contributed by atoms with E-state index in [4.69, 9.17) is 5.84 Å². The number of para-hydroxylation sites is 1. The number of nitrogens with two attached hydrogens (primary N) is 1. The summed E-state index contributed by atoms with van der Waals surface area (Å²) in [5.41, 5.74) is 2.39. The lowest BCUT2D eigenvalue weighted by Crippen LogP contribution is -2.09. The van der Waals surface area contributed by atoms with Gasteiger partial charge in [-0.3, -0.25) is 5.84 Å². The van der Waals surface area contributed by atoms with E-state index in [1.807, 2.05) is 0 Å². The van der Waals surface area contributed by atoms with Crippen LogP contribution in [0, 0.1) is 0 Å². The third kappa shape index (κ3) is 2.32. The summed E-state index contributed by atoms with van der Waals surface area (Å²) in [6.07, 6.45) is -2.48.